The third-order valence-corrected chi connectivity index (χ3v) is 2.80. The summed E-state index contributed by atoms with van der Waals surface area (Å²) in [7, 11) is 0. The number of amidine groups is 1. The molecular weight excluding hydrogens is 204 g/mol. The first-order chi connectivity index (χ1) is 7.57. The van der Waals surface area contributed by atoms with Crippen LogP contribution in [0.1, 0.15) is 18.9 Å². The van der Waals surface area contributed by atoms with E-state index in [1.54, 1.807) is 12.1 Å². The summed E-state index contributed by atoms with van der Waals surface area (Å²) >= 11 is 0. The lowest BCUT2D eigenvalue weighted by atomic mass is 9.95. The number of hydrogen-bond donors (Lipinski definition) is 2. The Balaban J connectivity index is 1.95. The minimum Gasteiger partial charge on any atom is -0.508 e. The van der Waals surface area contributed by atoms with Gasteiger partial charge in [-0.25, -0.2) is 4.99 Å². The van der Waals surface area contributed by atoms with Gasteiger partial charge in [0.25, 0.3) is 6.02 Å². The van der Waals surface area contributed by atoms with Crippen molar-refractivity contribution in [1.29, 1.82) is 0 Å². The van der Waals surface area contributed by atoms with Gasteiger partial charge in [0.2, 0.25) is 0 Å². The fourth-order valence-electron chi connectivity index (χ4n) is 1.76. The summed E-state index contributed by atoms with van der Waals surface area (Å²) in [5.74, 6) is 0.293. The van der Waals surface area contributed by atoms with Crippen LogP contribution in [0.3, 0.4) is 0 Å². The Morgan fingerprint density at radius 3 is 2.69 bits per heavy atom. The highest BCUT2D eigenvalue weighted by molar-refractivity contribution is 5.73. The highest BCUT2D eigenvalue weighted by Crippen LogP contribution is 2.23. The largest absolute Gasteiger partial charge is 0.508 e. The molecule has 0 saturated heterocycles. The van der Waals surface area contributed by atoms with Crippen LogP contribution in [0, 0.1) is 0 Å². The smallest absolute Gasteiger partial charge is 0.282 e. The molecule has 0 aliphatic carbocycles. The summed E-state index contributed by atoms with van der Waals surface area (Å²) < 4.78 is 5.16. The van der Waals surface area contributed by atoms with Gasteiger partial charge in [0.05, 0.1) is 5.54 Å². The van der Waals surface area contributed by atoms with Gasteiger partial charge >= 0.3 is 0 Å². The first-order valence-electron chi connectivity index (χ1n) is 5.33. The summed E-state index contributed by atoms with van der Waals surface area (Å²) in [6, 6.07) is 7.51. The number of nitrogens with zero attached hydrogens (tertiary/aromatic N) is 1. The van der Waals surface area contributed by atoms with E-state index in [9.17, 15) is 0 Å². The Morgan fingerprint density at radius 1 is 1.44 bits per heavy atom. The lowest BCUT2D eigenvalue weighted by molar-refractivity contribution is 0.255. The van der Waals surface area contributed by atoms with E-state index in [0.29, 0.717) is 12.4 Å². The zero-order valence-electron chi connectivity index (χ0n) is 9.31. The molecule has 4 nitrogen and oxygen atoms in total. The number of phenolic OH excluding ortho intramolecular Hbond substituents is 1. The molecule has 1 heterocycles. The minimum atomic E-state index is -0.206. The number of ether oxygens (including phenoxy) is 1. The molecule has 3 N–H and O–H groups in total. The number of benzene rings is 1. The van der Waals surface area contributed by atoms with Gasteiger partial charge < -0.3 is 15.6 Å². The molecule has 1 aliphatic heterocycles. The molecule has 0 aromatic heterocycles. The first kappa shape index (κ1) is 10.8. The van der Waals surface area contributed by atoms with E-state index in [0.717, 1.165) is 12.8 Å². The lowest BCUT2D eigenvalue weighted by Crippen LogP contribution is -2.24. The van der Waals surface area contributed by atoms with E-state index >= 15 is 0 Å². The van der Waals surface area contributed by atoms with Crippen molar-refractivity contribution in [3.05, 3.63) is 29.8 Å². The summed E-state index contributed by atoms with van der Waals surface area (Å²) in [6.07, 6.45) is 1.79. The molecule has 16 heavy (non-hydrogen) atoms. The maximum Gasteiger partial charge on any atom is 0.282 e. The summed E-state index contributed by atoms with van der Waals surface area (Å²) in [4.78, 5) is 4.28. The van der Waals surface area contributed by atoms with Crippen LogP contribution in [0.2, 0.25) is 0 Å². The topological polar surface area (TPSA) is 67.8 Å². The lowest BCUT2D eigenvalue weighted by Gasteiger charge is -2.17. The number of rotatable bonds is 3. The molecule has 0 saturated carbocycles. The van der Waals surface area contributed by atoms with Crippen LogP contribution >= 0.6 is 0 Å². The van der Waals surface area contributed by atoms with Gasteiger partial charge in [-0.15, -0.1) is 0 Å². The van der Waals surface area contributed by atoms with E-state index in [4.69, 9.17) is 15.6 Å². The number of aryl methyl sites for hydroxylation is 1. The Labute approximate surface area is 94.8 Å². The summed E-state index contributed by atoms with van der Waals surface area (Å²) in [5.41, 5.74) is 6.47. The van der Waals surface area contributed by atoms with Crippen LogP contribution in [-0.2, 0) is 11.2 Å². The molecule has 2 rings (SSSR count). The molecule has 86 valence electrons. The van der Waals surface area contributed by atoms with Crippen LogP contribution in [0.4, 0.5) is 0 Å². The van der Waals surface area contributed by atoms with E-state index in [1.807, 2.05) is 19.1 Å². The molecule has 0 spiro atoms. The second kappa shape index (κ2) is 4.04. The molecule has 1 aromatic rings. The van der Waals surface area contributed by atoms with Crippen molar-refractivity contribution < 1.29 is 9.84 Å². The van der Waals surface area contributed by atoms with Crippen molar-refractivity contribution in [2.24, 2.45) is 10.7 Å². The second-order valence-corrected chi connectivity index (χ2v) is 4.40. The van der Waals surface area contributed by atoms with E-state index < -0.39 is 0 Å². The molecule has 1 unspecified atom stereocenters. The fraction of sp³-hybridized carbons (Fsp3) is 0.417. The summed E-state index contributed by atoms with van der Waals surface area (Å²) in [5, 5.41) is 9.16. The van der Waals surface area contributed by atoms with E-state index in [-0.39, 0.29) is 11.6 Å². The monoisotopic (exact) mass is 220 g/mol. The molecule has 0 fully saturated rings. The van der Waals surface area contributed by atoms with Crippen molar-refractivity contribution in [3.63, 3.8) is 0 Å². The van der Waals surface area contributed by atoms with Crippen molar-refractivity contribution >= 4 is 6.02 Å². The van der Waals surface area contributed by atoms with Crippen molar-refractivity contribution in [1.82, 2.24) is 0 Å². The van der Waals surface area contributed by atoms with Crippen molar-refractivity contribution in [2.75, 3.05) is 6.61 Å². The number of nitrogens with two attached hydrogens (primary N) is 1. The average molecular weight is 220 g/mol. The zero-order valence-corrected chi connectivity index (χ0v) is 9.31. The van der Waals surface area contributed by atoms with E-state index in [2.05, 4.69) is 4.99 Å². The number of aromatic hydroxyl groups is 1. The highest BCUT2D eigenvalue weighted by atomic mass is 16.5. The Hall–Kier alpha value is -1.71. The number of hydrogen-bond acceptors (Lipinski definition) is 4. The number of phenols is 1. The molecule has 1 atom stereocenters. The molecule has 0 amide bonds. The maximum atomic E-state index is 9.16. The molecule has 0 bridgehead atoms. The minimum absolute atomic E-state index is 0.206. The molecule has 0 radical (unpaired) electrons. The van der Waals surface area contributed by atoms with Gasteiger partial charge in [-0.2, -0.15) is 0 Å². The van der Waals surface area contributed by atoms with Gasteiger partial charge in [-0.05, 0) is 37.5 Å². The maximum absolute atomic E-state index is 9.16. The molecular formula is C12H16N2O2. The Kier molecular flexibility index (Phi) is 2.73. The standard InChI is InChI=1S/C12H16N2O2/c1-12(8-16-11(13)14-12)7-6-9-2-4-10(15)5-3-9/h2-5,15H,6-8H2,1H3,(H2,13,14). The van der Waals surface area contributed by atoms with Gasteiger partial charge in [0.1, 0.15) is 12.4 Å². The average Bonchev–Trinajstić information content (AvgIpc) is 2.59. The third kappa shape index (κ3) is 2.45. The van der Waals surface area contributed by atoms with Crippen LogP contribution < -0.4 is 5.73 Å². The second-order valence-electron chi connectivity index (χ2n) is 4.40. The SMILES string of the molecule is CC1(CCc2ccc(O)cc2)COC(N)=N1. The summed E-state index contributed by atoms with van der Waals surface area (Å²) in [6.45, 7) is 2.59. The number of aliphatic imine (C=N–C) groups is 1. The van der Waals surface area contributed by atoms with Crippen LogP contribution in [0.5, 0.6) is 5.75 Å². The molecule has 1 aromatic carbocycles. The van der Waals surface area contributed by atoms with Crippen molar-refractivity contribution in [2.45, 2.75) is 25.3 Å². The van der Waals surface area contributed by atoms with Gasteiger partial charge in [0.15, 0.2) is 0 Å². The Bertz CT molecular complexity index is 400. The fourth-order valence-corrected chi connectivity index (χ4v) is 1.76. The van der Waals surface area contributed by atoms with Crippen LogP contribution in [0.15, 0.2) is 29.3 Å². The van der Waals surface area contributed by atoms with Crippen LogP contribution in [-0.4, -0.2) is 23.3 Å². The predicted molar refractivity (Wildman–Crippen MR) is 62.4 cm³/mol. The Morgan fingerprint density at radius 2 is 2.12 bits per heavy atom. The van der Waals surface area contributed by atoms with Gasteiger partial charge in [-0.1, -0.05) is 12.1 Å². The molecule has 4 heteroatoms. The molecule has 1 aliphatic rings. The highest BCUT2D eigenvalue weighted by Gasteiger charge is 2.30. The van der Waals surface area contributed by atoms with Crippen molar-refractivity contribution in [3.8, 4) is 5.75 Å². The van der Waals surface area contributed by atoms with Crippen LogP contribution in [0.25, 0.3) is 0 Å². The van der Waals surface area contributed by atoms with E-state index in [1.165, 1.54) is 5.56 Å². The first-order valence-corrected chi connectivity index (χ1v) is 5.33. The quantitative estimate of drug-likeness (QED) is 0.809. The normalized spacial score (nSPS) is 23.9. The van der Waals surface area contributed by atoms with Gasteiger partial charge in [0, 0.05) is 0 Å². The predicted octanol–water partition coefficient (Wildman–Crippen LogP) is 1.43. The zero-order chi connectivity index (χ0) is 11.6. The third-order valence-electron chi connectivity index (χ3n) is 2.80. The van der Waals surface area contributed by atoms with Gasteiger partial charge in [-0.3, -0.25) is 0 Å².